The lowest BCUT2D eigenvalue weighted by molar-refractivity contribution is 0.0516. The first-order valence-electron chi connectivity index (χ1n) is 8.51. The predicted octanol–water partition coefficient (Wildman–Crippen LogP) is 2.14. The standard InChI is InChI=1S/C18H22N4O3/c1-3-19-18(24)21-11-10-15-14(12-21)16(17(23)25-4-2)20-22(15)13-8-6-5-7-9-13/h5-9H,3-4,10-12H2,1-2H3,(H,19,24). The number of carbonyl (C=O) groups is 2. The number of hydrogen-bond acceptors (Lipinski definition) is 4. The van der Waals surface area contributed by atoms with Crippen molar-refractivity contribution in [1.29, 1.82) is 0 Å². The van der Waals surface area contributed by atoms with Crippen LogP contribution in [0, 0.1) is 0 Å². The largest absolute Gasteiger partial charge is 0.461 e. The van der Waals surface area contributed by atoms with E-state index in [1.54, 1.807) is 16.5 Å². The second-order valence-electron chi connectivity index (χ2n) is 5.75. The second kappa shape index (κ2) is 7.38. The van der Waals surface area contributed by atoms with Crippen LogP contribution in [-0.4, -0.2) is 46.4 Å². The summed E-state index contributed by atoms with van der Waals surface area (Å²) in [6.45, 7) is 5.42. The number of carbonyl (C=O) groups excluding carboxylic acids is 2. The lowest BCUT2D eigenvalue weighted by atomic mass is 10.1. The van der Waals surface area contributed by atoms with Gasteiger partial charge in [-0.05, 0) is 26.0 Å². The van der Waals surface area contributed by atoms with Gasteiger partial charge in [-0.15, -0.1) is 0 Å². The van der Waals surface area contributed by atoms with Crippen molar-refractivity contribution in [3.05, 3.63) is 47.3 Å². The summed E-state index contributed by atoms with van der Waals surface area (Å²) in [5.41, 5.74) is 2.89. The average Bonchev–Trinajstić information content (AvgIpc) is 3.02. The average molecular weight is 342 g/mol. The van der Waals surface area contributed by atoms with Crippen LogP contribution < -0.4 is 5.32 Å². The first kappa shape index (κ1) is 17.0. The fourth-order valence-electron chi connectivity index (χ4n) is 3.00. The highest BCUT2D eigenvalue weighted by atomic mass is 16.5. The minimum atomic E-state index is -0.453. The van der Waals surface area contributed by atoms with E-state index in [2.05, 4.69) is 10.4 Å². The molecule has 2 heterocycles. The molecule has 7 heteroatoms. The van der Waals surface area contributed by atoms with Crippen LogP contribution in [0.4, 0.5) is 4.79 Å². The molecule has 1 aromatic heterocycles. The number of hydrogen-bond donors (Lipinski definition) is 1. The molecule has 3 rings (SSSR count). The number of nitrogens with one attached hydrogen (secondary N) is 1. The molecule has 0 radical (unpaired) electrons. The van der Waals surface area contributed by atoms with E-state index >= 15 is 0 Å². The number of para-hydroxylation sites is 1. The van der Waals surface area contributed by atoms with Crippen LogP contribution in [0.3, 0.4) is 0 Å². The summed E-state index contributed by atoms with van der Waals surface area (Å²) < 4.78 is 6.94. The summed E-state index contributed by atoms with van der Waals surface area (Å²) in [5.74, 6) is -0.453. The van der Waals surface area contributed by atoms with Crippen molar-refractivity contribution in [2.24, 2.45) is 0 Å². The fourth-order valence-corrected chi connectivity index (χ4v) is 3.00. The third-order valence-corrected chi connectivity index (χ3v) is 4.14. The molecule has 0 saturated heterocycles. The highest BCUT2D eigenvalue weighted by Gasteiger charge is 2.31. The molecule has 1 aliphatic heterocycles. The van der Waals surface area contributed by atoms with Gasteiger partial charge in [0.1, 0.15) is 0 Å². The fraction of sp³-hybridized carbons (Fsp3) is 0.389. The van der Waals surface area contributed by atoms with Gasteiger partial charge in [0.25, 0.3) is 0 Å². The Kier molecular flexibility index (Phi) is 5.02. The molecule has 0 saturated carbocycles. The molecule has 0 bridgehead atoms. The number of benzene rings is 1. The zero-order chi connectivity index (χ0) is 17.8. The van der Waals surface area contributed by atoms with Gasteiger partial charge in [-0.25, -0.2) is 14.3 Å². The molecule has 0 aliphatic carbocycles. The number of ether oxygens (including phenoxy) is 1. The van der Waals surface area contributed by atoms with E-state index in [1.807, 2.05) is 37.3 Å². The summed E-state index contributed by atoms with van der Waals surface area (Å²) in [6.07, 6.45) is 0.633. The lowest BCUT2D eigenvalue weighted by Crippen LogP contribution is -2.43. The van der Waals surface area contributed by atoms with Crippen molar-refractivity contribution in [2.45, 2.75) is 26.8 Å². The number of urea groups is 1. The summed E-state index contributed by atoms with van der Waals surface area (Å²) in [5, 5.41) is 7.31. The van der Waals surface area contributed by atoms with Gasteiger partial charge in [0.05, 0.1) is 24.5 Å². The van der Waals surface area contributed by atoms with Crippen LogP contribution in [0.2, 0.25) is 0 Å². The Morgan fingerprint density at radius 3 is 2.68 bits per heavy atom. The van der Waals surface area contributed by atoms with E-state index in [0.29, 0.717) is 26.1 Å². The first-order chi connectivity index (χ1) is 12.2. The summed E-state index contributed by atoms with van der Waals surface area (Å²) >= 11 is 0. The quantitative estimate of drug-likeness (QED) is 0.864. The Morgan fingerprint density at radius 1 is 1.24 bits per heavy atom. The van der Waals surface area contributed by atoms with Gasteiger partial charge in [-0.1, -0.05) is 18.2 Å². The molecule has 132 valence electrons. The van der Waals surface area contributed by atoms with Crippen LogP contribution in [0.15, 0.2) is 30.3 Å². The third-order valence-electron chi connectivity index (χ3n) is 4.14. The molecule has 0 atom stereocenters. The molecule has 1 aromatic carbocycles. The van der Waals surface area contributed by atoms with E-state index in [9.17, 15) is 9.59 Å². The smallest absolute Gasteiger partial charge is 0.359 e. The number of esters is 1. The summed E-state index contributed by atoms with van der Waals surface area (Å²) in [7, 11) is 0. The van der Waals surface area contributed by atoms with Gasteiger partial charge in [0.2, 0.25) is 0 Å². The van der Waals surface area contributed by atoms with Crippen LogP contribution in [0.1, 0.15) is 35.6 Å². The third kappa shape index (κ3) is 3.35. The Morgan fingerprint density at radius 2 is 2.00 bits per heavy atom. The Labute approximate surface area is 146 Å². The van der Waals surface area contributed by atoms with Gasteiger partial charge >= 0.3 is 12.0 Å². The molecule has 2 aromatic rings. The van der Waals surface area contributed by atoms with Crippen molar-refractivity contribution >= 4 is 12.0 Å². The minimum Gasteiger partial charge on any atom is -0.461 e. The topological polar surface area (TPSA) is 76.5 Å². The van der Waals surface area contributed by atoms with Gasteiger partial charge < -0.3 is 15.0 Å². The van der Waals surface area contributed by atoms with E-state index in [0.717, 1.165) is 16.9 Å². The lowest BCUT2D eigenvalue weighted by Gasteiger charge is -2.27. The van der Waals surface area contributed by atoms with Crippen molar-refractivity contribution < 1.29 is 14.3 Å². The monoisotopic (exact) mass is 342 g/mol. The Hall–Kier alpha value is -2.83. The zero-order valence-corrected chi connectivity index (χ0v) is 14.5. The molecule has 0 spiro atoms. The highest BCUT2D eigenvalue weighted by Crippen LogP contribution is 2.26. The molecule has 0 unspecified atom stereocenters. The zero-order valence-electron chi connectivity index (χ0n) is 14.5. The van der Waals surface area contributed by atoms with Crippen molar-refractivity contribution in [2.75, 3.05) is 19.7 Å². The Bertz CT molecular complexity index is 770. The van der Waals surface area contributed by atoms with Gasteiger partial charge in [0.15, 0.2) is 5.69 Å². The number of aromatic nitrogens is 2. The number of rotatable bonds is 4. The van der Waals surface area contributed by atoms with E-state index in [-0.39, 0.29) is 18.3 Å². The molecule has 25 heavy (non-hydrogen) atoms. The predicted molar refractivity (Wildman–Crippen MR) is 92.7 cm³/mol. The summed E-state index contributed by atoms with van der Waals surface area (Å²) in [4.78, 5) is 26.2. The van der Waals surface area contributed by atoms with Crippen LogP contribution in [0.5, 0.6) is 0 Å². The first-order valence-corrected chi connectivity index (χ1v) is 8.51. The van der Waals surface area contributed by atoms with Crippen molar-refractivity contribution in [1.82, 2.24) is 20.0 Å². The van der Waals surface area contributed by atoms with E-state index in [4.69, 9.17) is 4.74 Å². The number of amides is 2. The maximum Gasteiger partial charge on any atom is 0.359 e. The molecule has 2 amide bonds. The summed E-state index contributed by atoms with van der Waals surface area (Å²) in [6, 6.07) is 9.55. The van der Waals surface area contributed by atoms with Gasteiger partial charge in [-0.2, -0.15) is 5.10 Å². The maximum atomic E-state index is 12.3. The van der Waals surface area contributed by atoms with Crippen LogP contribution >= 0.6 is 0 Å². The molecular formula is C18H22N4O3. The van der Waals surface area contributed by atoms with E-state index < -0.39 is 5.97 Å². The minimum absolute atomic E-state index is 0.129. The van der Waals surface area contributed by atoms with Crippen molar-refractivity contribution in [3.8, 4) is 5.69 Å². The molecular weight excluding hydrogens is 320 g/mol. The van der Waals surface area contributed by atoms with Gasteiger partial charge in [-0.3, -0.25) is 0 Å². The second-order valence-corrected chi connectivity index (χ2v) is 5.75. The SMILES string of the molecule is CCNC(=O)N1CCc2c(c(C(=O)OCC)nn2-c2ccccc2)C1. The molecule has 0 fully saturated rings. The van der Waals surface area contributed by atoms with Crippen molar-refractivity contribution in [3.63, 3.8) is 0 Å². The van der Waals surface area contributed by atoms with Crippen LogP contribution in [-0.2, 0) is 17.7 Å². The highest BCUT2D eigenvalue weighted by molar-refractivity contribution is 5.89. The normalized spacial score (nSPS) is 13.3. The Balaban J connectivity index is 2.01. The van der Waals surface area contributed by atoms with Crippen LogP contribution in [0.25, 0.3) is 5.69 Å². The number of fused-ring (bicyclic) bond motifs is 1. The maximum absolute atomic E-state index is 12.3. The van der Waals surface area contributed by atoms with E-state index in [1.165, 1.54) is 0 Å². The molecule has 7 nitrogen and oxygen atoms in total. The number of nitrogens with zero attached hydrogens (tertiary/aromatic N) is 3. The molecule has 1 N–H and O–H groups in total. The molecule has 1 aliphatic rings. The van der Waals surface area contributed by atoms with Gasteiger partial charge in [0, 0.05) is 25.1 Å².